The molecule has 0 radical (unpaired) electrons. The van der Waals surface area contributed by atoms with E-state index in [4.69, 9.17) is 16.7 Å². The Hall–Kier alpha value is -1.55. The van der Waals surface area contributed by atoms with E-state index in [2.05, 4.69) is 5.32 Å². The van der Waals surface area contributed by atoms with Crippen molar-refractivity contribution < 1.29 is 14.7 Å². The van der Waals surface area contributed by atoms with Gasteiger partial charge in [-0.1, -0.05) is 29.8 Å². The molecule has 1 atom stereocenters. The van der Waals surface area contributed by atoms with Crippen LogP contribution in [-0.4, -0.2) is 23.0 Å². The van der Waals surface area contributed by atoms with Gasteiger partial charge in [-0.3, -0.25) is 9.59 Å². The summed E-state index contributed by atoms with van der Waals surface area (Å²) in [5.41, 5.74) is 0.936. The van der Waals surface area contributed by atoms with Crippen LogP contribution in [0.25, 0.3) is 0 Å². The maximum atomic E-state index is 11.9. The van der Waals surface area contributed by atoms with Crippen molar-refractivity contribution in [2.45, 2.75) is 38.1 Å². The van der Waals surface area contributed by atoms with Crippen LogP contribution >= 0.6 is 11.6 Å². The molecule has 1 saturated carbocycles. The maximum Gasteiger partial charge on any atom is 0.305 e. The molecule has 0 unspecified atom stereocenters. The number of amides is 1. The van der Waals surface area contributed by atoms with Gasteiger partial charge in [0.05, 0.1) is 6.42 Å². The van der Waals surface area contributed by atoms with E-state index < -0.39 is 5.97 Å². The summed E-state index contributed by atoms with van der Waals surface area (Å²) >= 11 is 6.03. The highest BCUT2D eigenvalue weighted by Gasteiger charge is 2.33. The van der Waals surface area contributed by atoms with Crippen molar-refractivity contribution in [1.82, 2.24) is 5.32 Å². The van der Waals surface area contributed by atoms with Crippen molar-refractivity contribution >= 4 is 23.5 Å². The number of aryl methyl sites for hydroxylation is 1. The van der Waals surface area contributed by atoms with Crippen molar-refractivity contribution in [2.75, 3.05) is 0 Å². The second-order valence-corrected chi connectivity index (χ2v) is 5.61. The van der Waals surface area contributed by atoms with Crippen molar-refractivity contribution in [3.63, 3.8) is 0 Å². The van der Waals surface area contributed by atoms with Gasteiger partial charge in [0, 0.05) is 17.5 Å². The molecule has 0 bridgehead atoms. The summed E-state index contributed by atoms with van der Waals surface area (Å²) in [6.45, 7) is 0. The van der Waals surface area contributed by atoms with Crippen LogP contribution in [0.15, 0.2) is 24.3 Å². The van der Waals surface area contributed by atoms with Crippen molar-refractivity contribution in [1.29, 1.82) is 0 Å². The number of hydrogen-bond acceptors (Lipinski definition) is 2. The minimum atomic E-state index is -0.867. The van der Waals surface area contributed by atoms with Crippen molar-refractivity contribution in [3.05, 3.63) is 34.9 Å². The van der Waals surface area contributed by atoms with Gasteiger partial charge < -0.3 is 10.4 Å². The van der Waals surface area contributed by atoms with Gasteiger partial charge in [0.1, 0.15) is 0 Å². The van der Waals surface area contributed by atoms with Crippen LogP contribution in [0.2, 0.25) is 5.02 Å². The smallest absolute Gasteiger partial charge is 0.305 e. The van der Waals surface area contributed by atoms with E-state index in [0.29, 0.717) is 23.8 Å². The fourth-order valence-electron chi connectivity index (χ4n) is 2.25. The maximum absolute atomic E-state index is 11.9. The van der Waals surface area contributed by atoms with Gasteiger partial charge in [-0.25, -0.2) is 0 Å². The molecule has 0 heterocycles. The Labute approximate surface area is 123 Å². The summed E-state index contributed by atoms with van der Waals surface area (Å²) < 4.78 is 0. The first-order valence-corrected chi connectivity index (χ1v) is 7.18. The van der Waals surface area contributed by atoms with E-state index in [1.807, 2.05) is 18.2 Å². The first kappa shape index (κ1) is 14.9. The van der Waals surface area contributed by atoms with Gasteiger partial charge in [0.15, 0.2) is 0 Å². The predicted molar refractivity (Wildman–Crippen MR) is 76.7 cm³/mol. The van der Waals surface area contributed by atoms with Gasteiger partial charge >= 0.3 is 5.97 Å². The summed E-state index contributed by atoms with van der Waals surface area (Å²) in [4.78, 5) is 22.7. The van der Waals surface area contributed by atoms with E-state index in [-0.39, 0.29) is 18.4 Å². The van der Waals surface area contributed by atoms with E-state index in [9.17, 15) is 9.59 Å². The number of benzene rings is 1. The molecule has 0 aromatic heterocycles. The second kappa shape index (κ2) is 6.75. The van der Waals surface area contributed by atoms with Crippen molar-refractivity contribution in [2.24, 2.45) is 5.92 Å². The molecule has 4 nitrogen and oxygen atoms in total. The second-order valence-electron chi connectivity index (χ2n) is 5.20. The first-order valence-electron chi connectivity index (χ1n) is 6.81. The lowest BCUT2D eigenvalue weighted by molar-refractivity contribution is -0.137. The van der Waals surface area contributed by atoms with Crippen LogP contribution in [0.1, 0.15) is 31.2 Å². The Morgan fingerprint density at radius 3 is 2.65 bits per heavy atom. The normalized spacial score (nSPS) is 15.7. The summed E-state index contributed by atoms with van der Waals surface area (Å²) in [6, 6.07) is 7.20. The number of carboxylic acid groups (broad SMARTS) is 1. The molecule has 2 N–H and O–H groups in total. The molecule has 2 rings (SSSR count). The Bertz CT molecular complexity index is 500. The molecular formula is C15H18ClNO3. The van der Waals surface area contributed by atoms with Crippen molar-refractivity contribution in [3.8, 4) is 0 Å². The molecule has 1 aromatic carbocycles. The third-order valence-corrected chi connectivity index (χ3v) is 3.88. The van der Waals surface area contributed by atoms with Crippen LogP contribution < -0.4 is 5.32 Å². The van der Waals surface area contributed by atoms with E-state index in [0.717, 1.165) is 18.4 Å². The number of nitrogens with one attached hydrogen (secondary N) is 1. The predicted octanol–water partition coefficient (Wildman–Crippen LogP) is 2.64. The first-order chi connectivity index (χ1) is 9.56. The summed E-state index contributed by atoms with van der Waals surface area (Å²) in [5, 5.41) is 12.3. The molecule has 1 aromatic rings. The minimum absolute atomic E-state index is 0.00248. The number of halogens is 1. The zero-order valence-corrected chi connectivity index (χ0v) is 11.9. The van der Waals surface area contributed by atoms with Crippen LogP contribution in [0.5, 0.6) is 0 Å². The monoisotopic (exact) mass is 295 g/mol. The Kier molecular flexibility index (Phi) is 5.01. The van der Waals surface area contributed by atoms with Crippen LogP contribution in [0.4, 0.5) is 0 Å². The molecule has 1 fully saturated rings. The lowest BCUT2D eigenvalue weighted by Crippen LogP contribution is -2.38. The molecule has 20 heavy (non-hydrogen) atoms. The summed E-state index contributed by atoms with van der Waals surface area (Å²) in [6.07, 6.45) is 2.90. The van der Waals surface area contributed by atoms with E-state index in [1.54, 1.807) is 6.07 Å². The van der Waals surface area contributed by atoms with Crippen LogP contribution in [0, 0.1) is 5.92 Å². The Balaban J connectivity index is 1.82. The highest BCUT2D eigenvalue weighted by Crippen LogP contribution is 2.34. The van der Waals surface area contributed by atoms with Crippen LogP contribution in [-0.2, 0) is 16.0 Å². The number of rotatable bonds is 7. The van der Waals surface area contributed by atoms with E-state index in [1.165, 1.54) is 0 Å². The Morgan fingerprint density at radius 2 is 2.05 bits per heavy atom. The Morgan fingerprint density at radius 1 is 1.35 bits per heavy atom. The van der Waals surface area contributed by atoms with Gasteiger partial charge in [-0.05, 0) is 36.8 Å². The molecule has 1 amide bonds. The third-order valence-electron chi connectivity index (χ3n) is 3.51. The molecule has 1 aliphatic rings. The number of hydrogen-bond donors (Lipinski definition) is 2. The molecule has 5 heteroatoms. The molecule has 108 valence electrons. The number of carboxylic acids is 1. The van der Waals surface area contributed by atoms with Gasteiger partial charge in [0.25, 0.3) is 0 Å². The summed E-state index contributed by atoms with van der Waals surface area (Å²) in [5.74, 6) is -0.647. The largest absolute Gasteiger partial charge is 0.481 e. The molecule has 0 saturated heterocycles. The third kappa shape index (κ3) is 4.53. The topological polar surface area (TPSA) is 66.4 Å². The SMILES string of the molecule is O=C(O)C[C@H](NC(=O)CCc1ccccc1Cl)C1CC1. The lowest BCUT2D eigenvalue weighted by atomic mass is 10.1. The quantitative estimate of drug-likeness (QED) is 0.812. The molecule has 0 spiro atoms. The zero-order chi connectivity index (χ0) is 14.5. The highest BCUT2D eigenvalue weighted by atomic mass is 35.5. The highest BCUT2D eigenvalue weighted by molar-refractivity contribution is 6.31. The van der Waals surface area contributed by atoms with Crippen LogP contribution in [0.3, 0.4) is 0 Å². The number of carbonyl (C=O) groups is 2. The molecule has 1 aliphatic carbocycles. The molecule has 0 aliphatic heterocycles. The molecular weight excluding hydrogens is 278 g/mol. The van der Waals surface area contributed by atoms with Gasteiger partial charge in [0.2, 0.25) is 5.91 Å². The fourth-order valence-corrected chi connectivity index (χ4v) is 2.48. The lowest BCUT2D eigenvalue weighted by Gasteiger charge is -2.16. The standard InChI is InChI=1S/C15H18ClNO3/c16-12-4-2-1-3-10(12)7-8-14(18)17-13(9-15(19)20)11-5-6-11/h1-4,11,13H,5-9H2,(H,17,18)(H,19,20)/t13-/m0/s1. The van der Waals surface area contributed by atoms with Gasteiger partial charge in [-0.15, -0.1) is 0 Å². The fraction of sp³-hybridized carbons (Fsp3) is 0.467. The average Bonchev–Trinajstić information content (AvgIpc) is 3.21. The number of aliphatic carboxylic acids is 1. The number of carbonyl (C=O) groups excluding carboxylic acids is 1. The minimum Gasteiger partial charge on any atom is -0.481 e. The average molecular weight is 296 g/mol. The van der Waals surface area contributed by atoms with E-state index >= 15 is 0 Å². The summed E-state index contributed by atoms with van der Waals surface area (Å²) in [7, 11) is 0. The van der Waals surface area contributed by atoms with Gasteiger partial charge in [-0.2, -0.15) is 0 Å². The zero-order valence-electron chi connectivity index (χ0n) is 11.1.